The average Bonchev–Trinajstić information content (AvgIpc) is 3.78. The Labute approximate surface area is 271 Å². The van der Waals surface area contributed by atoms with Gasteiger partial charge in [0.25, 0.3) is 17.4 Å². The third-order valence-corrected chi connectivity index (χ3v) is 10.4. The molecule has 246 valence electrons. The van der Waals surface area contributed by atoms with Gasteiger partial charge in [0, 0.05) is 62.9 Å². The Kier molecular flexibility index (Phi) is 9.34. The molecule has 3 aliphatic heterocycles. The molecule has 0 radical (unpaired) electrons. The number of imidazole rings is 1. The number of halogens is 4. The second kappa shape index (κ2) is 13.3. The zero-order valence-electron chi connectivity index (χ0n) is 25.6. The first-order valence-corrected chi connectivity index (χ1v) is 16.4. The average molecular weight is 658 g/mol. The highest BCUT2D eigenvalue weighted by atomic mass is 35.5. The Morgan fingerprint density at radius 2 is 1.54 bits per heavy atom. The monoisotopic (exact) mass is 657 g/mol. The Balaban J connectivity index is 0.981. The molecule has 2 atom stereocenters. The maximum absolute atomic E-state index is 14.0. The number of aliphatic hydroxyl groups is 1. The number of likely N-dealkylation sites (tertiary alicyclic amines) is 2. The number of carbonyl (C=O) groups is 2. The van der Waals surface area contributed by atoms with Gasteiger partial charge in [-0.15, -0.1) is 0 Å². The molecular formula is C34H39ClF3N5O3. The maximum Gasteiger partial charge on any atom is 0.430 e. The summed E-state index contributed by atoms with van der Waals surface area (Å²) in [5.74, 6) is -0.568. The molecule has 3 saturated heterocycles. The number of aromatic nitrogens is 2. The van der Waals surface area contributed by atoms with Gasteiger partial charge >= 0.3 is 6.18 Å². The van der Waals surface area contributed by atoms with Gasteiger partial charge in [-0.3, -0.25) is 9.59 Å². The zero-order valence-corrected chi connectivity index (χ0v) is 26.3. The number of piperidine rings is 2. The predicted octanol–water partition coefficient (Wildman–Crippen LogP) is 5.92. The summed E-state index contributed by atoms with van der Waals surface area (Å²) in [5.41, 5.74) is -2.52. The number of rotatable bonds is 7. The number of benzene rings is 2. The van der Waals surface area contributed by atoms with Crippen LogP contribution >= 0.6 is 11.6 Å². The summed E-state index contributed by atoms with van der Waals surface area (Å²) in [4.78, 5) is 35.7. The van der Waals surface area contributed by atoms with Crippen LogP contribution in [0.2, 0.25) is 5.02 Å². The number of hydrogen-bond acceptors (Lipinski definition) is 5. The summed E-state index contributed by atoms with van der Waals surface area (Å²) < 4.78 is 44.1. The summed E-state index contributed by atoms with van der Waals surface area (Å²) >= 11 is 6.64. The van der Waals surface area contributed by atoms with Crippen LogP contribution in [-0.4, -0.2) is 81.7 Å². The van der Waals surface area contributed by atoms with Crippen molar-refractivity contribution in [2.45, 2.75) is 56.3 Å². The first kappa shape index (κ1) is 32.4. The Morgan fingerprint density at radius 1 is 0.891 bits per heavy atom. The molecule has 8 nitrogen and oxygen atoms in total. The molecule has 0 bridgehead atoms. The first-order chi connectivity index (χ1) is 22.0. The minimum absolute atomic E-state index is 0.0613. The predicted molar refractivity (Wildman–Crippen MR) is 168 cm³/mol. The van der Waals surface area contributed by atoms with Gasteiger partial charge in [0.2, 0.25) is 0 Å². The number of carbonyl (C=O) groups excluding carboxylic acids is 2. The second-order valence-electron chi connectivity index (χ2n) is 12.8. The van der Waals surface area contributed by atoms with E-state index in [9.17, 15) is 27.9 Å². The van der Waals surface area contributed by atoms with Crippen molar-refractivity contribution >= 4 is 29.1 Å². The number of nitrogens with zero attached hydrogens (tertiary/aromatic N) is 5. The Bertz CT molecular complexity index is 1510. The molecule has 3 aliphatic rings. The molecule has 0 saturated carbocycles. The Hall–Kier alpha value is -3.57. The topological polar surface area (TPSA) is 81.9 Å². The molecule has 12 heteroatoms. The molecule has 1 N–H and O–H groups in total. The third-order valence-electron chi connectivity index (χ3n) is 10.0. The molecule has 2 amide bonds. The van der Waals surface area contributed by atoms with Crippen molar-refractivity contribution in [2.75, 3.05) is 44.2 Å². The van der Waals surface area contributed by atoms with Crippen molar-refractivity contribution in [3.05, 3.63) is 83.4 Å². The highest BCUT2D eigenvalue weighted by molar-refractivity contribution is 6.34. The van der Waals surface area contributed by atoms with Crippen LogP contribution in [0.4, 0.5) is 18.9 Å². The van der Waals surface area contributed by atoms with E-state index < -0.39 is 23.2 Å². The van der Waals surface area contributed by atoms with Crippen LogP contribution in [0.1, 0.15) is 60.5 Å². The molecule has 4 heterocycles. The van der Waals surface area contributed by atoms with E-state index in [2.05, 4.69) is 9.88 Å². The van der Waals surface area contributed by atoms with E-state index in [0.717, 1.165) is 56.6 Å². The van der Waals surface area contributed by atoms with Crippen molar-refractivity contribution in [1.29, 1.82) is 0 Å². The minimum atomic E-state index is -5.13. The van der Waals surface area contributed by atoms with E-state index >= 15 is 0 Å². The first-order valence-electron chi connectivity index (χ1n) is 16.0. The summed E-state index contributed by atoms with van der Waals surface area (Å²) in [5, 5.41) is 11.1. The van der Waals surface area contributed by atoms with Crippen LogP contribution in [0.5, 0.6) is 0 Å². The number of amides is 2. The maximum atomic E-state index is 14.0. The van der Waals surface area contributed by atoms with Crippen molar-refractivity contribution in [3.63, 3.8) is 0 Å². The summed E-state index contributed by atoms with van der Waals surface area (Å²) in [6.45, 7) is 3.38. The fraction of sp³-hybridized carbons (Fsp3) is 0.500. The van der Waals surface area contributed by atoms with Gasteiger partial charge in [0.15, 0.2) is 0 Å². The highest BCUT2D eigenvalue weighted by Gasteiger charge is 2.62. The van der Waals surface area contributed by atoms with E-state index in [-0.39, 0.29) is 25.0 Å². The second-order valence-corrected chi connectivity index (χ2v) is 13.3. The summed E-state index contributed by atoms with van der Waals surface area (Å²) in [6, 6.07) is 12.5. The van der Waals surface area contributed by atoms with Gasteiger partial charge in [-0.2, -0.15) is 13.2 Å². The lowest BCUT2D eigenvalue weighted by Crippen LogP contribution is -2.57. The van der Waals surface area contributed by atoms with Crippen molar-refractivity contribution in [2.24, 2.45) is 11.8 Å². The largest absolute Gasteiger partial charge is 0.430 e. The summed E-state index contributed by atoms with van der Waals surface area (Å²) in [7, 11) is 0. The molecule has 46 heavy (non-hydrogen) atoms. The normalized spacial score (nSPS) is 21.4. The van der Waals surface area contributed by atoms with Crippen LogP contribution in [0, 0.1) is 11.8 Å². The van der Waals surface area contributed by atoms with Crippen molar-refractivity contribution in [3.8, 4) is 0 Å². The Morgan fingerprint density at radius 3 is 2.15 bits per heavy atom. The van der Waals surface area contributed by atoms with Crippen LogP contribution in [-0.2, 0) is 10.4 Å². The lowest BCUT2D eigenvalue weighted by Gasteiger charge is -2.40. The van der Waals surface area contributed by atoms with Gasteiger partial charge in [0.05, 0.1) is 23.0 Å². The molecular weight excluding hydrogens is 619 g/mol. The van der Waals surface area contributed by atoms with Crippen molar-refractivity contribution in [1.82, 2.24) is 19.4 Å². The van der Waals surface area contributed by atoms with Crippen LogP contribution < -0.4 is 4.90 Å². The van der Waals surface area contributed by atoms with Crippen LogP contribution in [0.15, 0.2) is 67.3 Å². The quantitative estimate of drug-likeness (QED) is 0.341. The third kappa shape index (κ3) is 6.49. The SMILES string of the molecule is O=C(c1ccc(N2CCC(CC3CCN(C(=O)C(O)(c4ccccc4)C(F)(F)F)CC3)CC2)cc1Cl)N1CCC(n2ccnc2)C1. The van der Waals surface area contributed by atoms with E-state index in [1.165, 1.54) is 17.0 Å². The summed E-state index contributed by atoms with van der Waals surface area (Å²) in [6.07, 6.45) is 5.32. The molecule has 3 aromatic rings. The number of alkyl halides is 3. The van der Waals surface area contributed by atoms with E-state index in [4.69, 9.17) is 11.6 Å². The molecule has 0 spiro atoms. The minimum Gasteiger partial charge on any atom is -0.371 e. The molecule has 1 aromatic heterocycles. The number of hydrogen-bond donors (Lipinski definition) is 1. The van der Waals surface area contributed by atoms with Gasteiger partial charge in [-0.1, -0.05) is 41.9 Å². The van der Waals surface area contributed by atoms with Gasteiger partial charge in [-0.05, 0) is 68.6 Å². The number of anilines is 1. The van der Waals surface area contributed by atoms with Crippen molar-refractivity contribution < 1.29 is 27.9 Å². The standard InChI is InChI=1S/C34H39ClF3N5O3/c35-30-21-27(6-7-29(30)31(44)42-18-12-28(22-42)43-19-13-39-23-43)40-14-8-24(9-15-40)20-25-10-16-41(17-11-25)32(45)33(46,34(36,37)38)26-4-2-1-3-5-26/h1-7,13,19,21,23-25,28,46H,8-12,14-18,20,22H2. The smallest absolute Gasteiger partial charge is 0.371 e. The highest BCUT2D eigenvalue weighted by Crippen LogP contribution is 2.42. The molecule has 2 aromatic carbocycles. The lowest BCUT2D eigenvalue weighted by atomic mass is 9.82. The molecule has 6 rings (SSSR count). The van der Waals surface area contributed by atoms with Crippen LogP contribution in [0.25, 0.3) is 0 Å². The lowest BCUT2D eigenvalue weighted by molar-refractivity contribution is -0.262. The fourth-order valence-corrected chi connectivity index (χ4v) is 7.54. The fourth-order valence-electron chi connectivity index (χ4n) is 7.29. The van der Waals surface area contributed by atoms with Gasteiger partial charge < -0.3 is 24.4 Å². The van der Waals surface area contributed by atoms with E-state index in [0.29, 0.717) is 48.4 Å². The van der Waals surface area contributed by atoms with Crippen LogP contribution in [0.3, 0.4) is 0 Å². The van der Waals surface area contributed by atoms with Gasteiger partial charge in [-0.25, -0.2) is 4.98 Å². The van der Waals surface area contributed by atoms with E-state index in [1.54, 1.807) is 18.6 Å². The zero-order chi connectivity index (χ0) is 32.5. The van der Waals surface area contributed by atoms with Gasteiger partial charge in [0.1, 0.15) is 0 Å². The molecule has 3 fully saturated rings. The molecule has 2 unspecified atom stereocenters. The van der Waals surface area contributed by atoms with E-state index in [1.807, 2.05) is 33.9 Å². The molecule has 0 aliphatic carbocycles.